The van der Waals surface area contributed by atoms with Gasteiger partial charge in [0.15, 0.2) is 6.30 Å². The van der Waals surface area contributed by atoms with Crippen molar-refractivity contribution in [3.05, 3.63) is 35.9 Å². The van der Waals surface area contributed by atoms with E-state index in [4.69, 9.17) is 0 Å². The van der Waals surface area contributed by atoms with Crippen molar-refractivity contribution in [2.45, 2.75) is 6.30 Å². The number of nitrogens with one attached hydrogen (secondary N) is 1. The minimum absolute atomic E-state index is 0.0975. The summed E-state index contributed by atoms with van der Waals surface area (Å²) in [5, 5.41) is 2.66. The molecule has 1 N–H and O–H groups in total. The average Bonchev–Trinajstić information content (AvgIpc) is 2.29. The number of nitrogens with zero attached hydrogens (tertiary/aromatic N) is 1. The van der Waals surface area contributed by atoms with Crippen molar-refractivity contribution in [3.63, 3.8) is 0 Å². The smallest absolute Gasteiger partial charge is 0.254 e. The van der Waals surface area contributed by atoms with Crippen LogP contribution >= 0.6 is 0 Å². The maximum absolute atomic E-state index is 13.0. The minimum atomic E-state index is -1.11. The molecule has 1 aliphatic rings. The molecule has 1 aliphatic heterocycles. The van der Waals surface area contributed by atoms with Gasteiger partial charge >= 0.3 is 0 Å². The quantitative estimate of drug-likeness (QED) is 0.699. The Morgan fingerprint density at radius 2 is 2.13 bits per heavy atom. The topological polar surface area (TPSA) is 32.3 Å². The number of amides is 1. The van der Waals surface area contributed by atoms with E-state index < -0.39 is 6.30 Å². The van der Waals surface area contributed by atoms with Crippen LogP contribution in [0, 0.1) is 0 Å². The van der Waals surface area contributed by atoms with E-state index in [1.807, 2.05) is 18.2 Å². The van der Waals surface area contributed by atoms with Crippen molar-refractivity contribution in [1.29, 1.82) is 0 Å². The zero-order valence-corrected chi connectivity index (χ0v) is 8.32. The highest BCUT2D eigenvalue weighted by Gasteiger charge is 2.23. The number of hydrogen-bond acceptors (Lipinski definition) is 2. The van der Waals surface area contributed by atoms with Crippen LogP contribution in [0.4, 0.5) is 4.39 Å². The molecule has 0 aromatic heterocycles. The van der Waals surface area contributed by atoms with E-state index in [1.165, 1.54) is 4.90 Å². The van der Waals surface area contributed by atoms with E-state index in [0.717, 1.165) is 0 Å². The van der Waals surface area contributed by atoms with Gasteiger partial charge in [-0.05, 0) is 12.1 Å². The van der Waals surface area contributed by atoms with Gasteiger partial charge in [-0.2, -0.15) is 0 Å². The van der Waals surface area contributed by atoms with Gasteiger partial charge in [-0.15, -0.1) is 0 Å². The third-order valence-electron chi connectivity index (χ3n) is 2.44. The molecule has 0 saturated carbocycles. The van der Waals surface area contributed by atoms with Gasteiger partial charge in [-0.3, -0.25) is 10.1 Å². The Kier molecular flexibility index (Phi) is 2.97. The number of hydrogen-bond donors (Lipinski definition) is 1. The van der Waals surface area contributed by atoms with E-state index in [1.54, 1.807) is 12.1 Å². The Balaban J connectivity index is 2.08. The van der Waals surface area contributed by atoms with E-state index >= 15 is 0 Å². The van der Waals surface area contributed by atoms with Crippen LogP contribution in [0.5, 0.6) is 0 Å². The number of benzene rings is 1. The Hall–Kier alpha value is -1.42. The first-order valence-corrected chi connectivity index (χ1v) is 4.99. The molecule has 1 atom stereocenters. The monoisotopic (exact) mass is 208 g/mol. The van der Waals surface area contributed by atoms with Crippen LogP contribution in [-0.4, -0.2) is 36.7 Å². The molecular weight excluding hydrogens is 195 g/mol. The lowest BCUT2D eigenvalue weighted by Gasteiger charge is -2.29. The van der Waals surface area contributed by atoms with Gasteiger partial charge in [-0.25, -0.2) is 4.39 Å². The predicted molar refractivity (Wildman–Crippen MR) is 55.2 cm³/mol. The highest BCUT2D eigenvalue weighted by molar-refractivity contribution is 5.94. The first-order chi connectivity index (χ1) is 7.27. The first kappa shape index (κ1) is 10.1. The van der Waals surface area contributed by atoms with E-state index in [-0.39, 0.29) is 12.5 Å². The molecular formula is C11H13FN2O. The molecule has 0 spiro atoms. The lowest BCUT2D eigenvalue weighted by atomic mass is 10.2. The van der Waals surface area contributed by atoms with Gasteiger partial charge in [0.2, 0.25) is 0 Å². The molecule has 0 aliphatic carbocycles. The third-order valence-corrected chi connectivity index (χ3v) is 2.44. The molecule has 80 valence electrons. The first-order valence-electron chi connectivity index (χ1n) is 4.99. The van der Waals surface area contributed by atoms with E-state index in [9.17, 15) is 9.18 Å². The average molecular weight is 208 g/mol. The zero-order chi connectivity index (χ0) is 10.7. The molecule has 1 saturated heterocycles. The standard InChI is InChI=1S/C11H13FN2O/c12-10-8-14(7-6-13-10)11(15)9-4-2-1-3-5-9/h1-5,10,13H,6-8H2. The number of halogens is 1. The summed E-state index contributed by atoms with van der Waals surface area (Å²) in [6.45, 7) is 1.21. The molecule has 1 unspecified atom stereocenters. The molecule has 1 aromatic carbocycles. The molecule has 0 radical (unpaired) electrons. The van der Waals surface area contributed by atoms with E-state index in [2.05, 4.69) is 5.32 Å². The van der Waals surface area contributed by atoms with Gasteiger partial charge in [-0.1, -0.05) is 18.2 Å². The third kappa shape index (κ3) is 2.33. The molecule has 3 nitrogen and oxygen atoms in total. The van der Waals surface area contributed by atoms with Crippen LogP contribution in [0.3, 0.4) is 0 Å². The summed E-state index contributed by atoms with van der Waals surface area (Å²) >= 11 is 0. The summed E-state index contributed by atoms with van der Waals surface area (Å²) in [7, 11) is 0. The Morgan fingerprint density at radius 3 is 2.80 bits per heavy atom. The maximum Gasteiger partial charge on any atom is 0.254 e. The van der Waals surface area contributed by atoms with Gasteiger partial charge in [0, 0.05) is 18.7 Å². The summed E-state index contributed by atoms with van der Waals surface area (Å²) in [6, 6.07) is 8.96. The van der Waals surface area contributed by atoms with Crippen LogP contribution < -0.4 is 5.32 Å². The molecule has 1 amide bonds. The summed E-state index contributed by atoms with van der Waals surface area (Å²) < 4.78 is 13.0. The van der Waals surface area contributed by atoms with Crippen LogP contribution in [-0.2, 0) is 0 Å². The molecule has 15 heavy (non-hydrogen) atoms. The minimum Gasteiger partial charge on any atom is -0.333 e. The van der Waals surface area contributed by atoms with E-state index in [0.29, 0.717) is 18.7 Å². The van der Waals surface area contributed by atoms with Gasteiger partial charge in [0.05, 0.1) is 6.54 Å². The highest BCUT2D eigenvalue weighted by atomic mass is 19.1. The Bertz CT molecular complexity index is 342. The van der Waals surface area contributed by atoms with Gasteiger partial charge in [0.25, 0.3) is 5.91 Å². The molecule has 0 bridgehead atoms. The SMILES string of the molecule is O=C(c1ccccc1)N1CCNC(F)C1. The maximum atomic E-state index is 13.0. The van der Waals surface area contributed by atoms with Crippen LogP contribution in [0.15, 0.2) is 30.3 Å². The number of rotatable bonds is 1. The molecule has 1 fully saturated rings. The summed E-state index contributed by atoms with van der Waals surface area (Å²) in [6.07, 6.45) is -1.11. The second-order valence-electron chi connectivity index (χ2n) is 3.54. The molecule has 2 rings (SSSR count). The predicted octanol–water partition coefficient (Wildman–Crippen LogP) is 1.03. The van der Waals surface area contributed by atoms with Crippen molar-refractivity contribution in [2.75, 3.05) is 19.6 Å². The summed E-state index contributed by atoms with van der Waals surface area (Å²) in [4.78, 5) is 13.4. The number of alkyl halides is 1. The number of carbonyl (C=O) groups is 1. The Morgan fingerprint density at radius 1 is 1.40 bits per heavy atom. The lowest BCUT2D eigenvalue weighted by molar-refractivity contribution is 0.0615. The molecule has 1 heterocycles. The van der Waals surface area contributed by atoms with Crippen molar-refractivity contribution < 1.29 is 9.18 Å². The number of carbonyl (C=O) groups excluding carboxylic acids is 1. The fourth-order valence-corrected chi connectivity index (χ4v) is 1.65. The van der Waals surface area contributed by atoms with Crippen molar-refractivity contribution >= 4 is 5.91 Å². The fourth-order valence-electron chi connectivity index (χ4n) is 1.65. The molecule has 4 heteroatoms. The highest BCUT2D eigenvalue weighted by Crippen LogP contribution is 2.07. The second kappa shape index (κ2) is 4.40. The fraction of sp³-hybridized carbons (Fsp3) is 0.364. The largest absolute Gasteiger partial charge is 0.333 e. The normalized spacial score (nSPS) is 21.4. The zero-order valence-electron chi connectivity index (χ0n) is 8.32. The lowest BCUT2D eigenvalue weighted by Crippen LogP contribution is -2.50. The van der Waals surface area contributed by atoms with Crippen molar-refractivity contribution in [1.82, 2.24) is 10.2 Å². The van der Waals surface area contributed by atoms with Crippen LogP contribution in [0.2, 0.25) is 0 Å². The van der Waals surface area contributed by atoms with Crippen molar-refractivity contribution in [2.24, 2.45) is 0 Å². The van der Waals surface area contributed by atoms with Gasteiger partial charge < -0.3 is 4.90 Å². The van der Waals surface area contributed by atoms with Crippen LogP contribution in [0.1, 0.15) is 10.4 Å². The Labute approximate surface area is 87.9 Å². The number of piperazine rings is 1. The van der Waals surface area contributed by atoms with Crippen molar-refractivity contribution in [3.8, 4) is 0 Å². The van der Waals surface area contributed by atoms with Crippen LogP contribution in [0.25, 0.3) is 0 Å². The molecule has 1 aromatic rings. The summed E-state index contributed by atoms with van der Waals surface area (Å²) in [5.74, 6) is -0.0975. The summed E-state index contributed by atoms with van der Waals surface area (Å²) in [5.41, 5.74) is 0.617. The second-order valence-corrected chi connectivity index (χ2v) is 3.54. The van der Waals surface area contributed by atoms with Gasteiger partial charge in [0.1, 0.15) is 0 Å².